The Balaban J connectivity index is 1.55. The number of benzene rings is 2. The van der Waals surface area contributed by atoms with Crippen LogP contribution in [0.2, 0.25) is 0 Å². The highest BCUT2D eigenvalue weighted by Crippen LogP contribution is 2.36. The molecule has 0 saturated heterocycles. The average molecular weight is 525 g/mol. The highest BCUT2D eigenvalue weighted by atomic mass is 16.5. The fourth-order valence-electron chi connectivity index (χ4n) is 4.05. The number of hydrogen-bond donors (Lipinski definition) is 4. The number of rotatable bonds is 10. The van der Waals surface area contributed by atoms with Crippen LogP contribution in [0.4, 0.5) is 5.69 Å². The maximum Gasteiger partial charge on any atom is 0.349 e. The smallest absolute Gasteiger partial charge is 0.349 e. The molecule has 0 aliphatic heterocycles. The number of aromatic amines is 1. The summed E-state index contributed by atoms with van der Waals surface area (Å²) in [6.07, 6.45) is 5.37. The molecule has 0 fully saturated rings. The van der Waals surface area contributed by atoms with Crippen molar-refractivity contribution < 1.29 is 9.47 Å². The van der Waals surface area contributed by atoms with Gasteiger partial charge >= 0.3 is 5.69 Å². The van der Waals surface area contributed by atoms with Gasteiger partial charge in [-0.1, -0.05) is 12.1 Å². The molecule has 0 amide bonds. The van der Waals surface area contributed by atoms with Crippen molar-refractivity contribution in [2.45, 2.75) is 13.0 Å². The topological polar surface area (TPSA) is 149 Å². The van der Waals surface area contributed by atoms with Crippen molar-refractivity contribution in [2.24, 2.45) is 12.8 Å². The first-order valence-electron chi connectivity index (χ1n) is 12.3. The molecular weight excluding hydrogens is 496 g/mol. The molecule has 39 heavy (non-hydrogen) atoms. The molecule has 0 aliphatic carbocycles. The Morgan fingerprint density at radius 2 is 1.95 bits per heavy atom. The molecule has 0 aliphatic rings. The second kappa shape index (κ2) is 11.0. The van der Waals surface area contributed by atoms with Crippen LogP contribution in [0, 0.1) is 5.41 Å². The van der Waals surface area contributed by atoms with Gasteiger partial charge in [-0.3, -0.25) is 10.4 Å². The second-order valence-electron chi connectivity index (χ2n) is 8.74. The normalized spacial score (nSPS) is 11.6. The summed E-state index contributed by atoms with van der Waals surface area (Å²) in [5.74, 6) is 2.54. The summed E-state index contributed by atoms with van der Waals surface area (Å²) in [6, 6.07) is 19.3. The van der Waals surface area contributed by atoms with Crippen molar-refractivity contribution >= 4 is 11.5 Å². The number of nitrogens with two attached hydrogens (primary N) is 1. The summed E-state index contributed by atoms with van der Waals surface area (Å²) in [4.78, 5) is 20.0. The van der Waals surface area contributed by atoms with E-state index in [4.69, 9.17) is 20.6 Å². The Morgan fingerprint density at radius 1 is 1.13 bits per heavy atom. The molecule has 11 heteroatoms. The number of nitrogen functional groups attached to an aromatic ring is 1. The minimum absolute atomic E-state index is 0.0214. The molecule has 5 aromatic rings. The van der Waals surface area contributed by atoms with Crippen molar-refractivity contribution in [3.8, 4) is 23.1 Å². The van der Waals surface area contributed by atoms with Gasteiger partial charge in [0.1, 0.15) is 17.6 Å². The van der Waals surface area contributed by atoms with Gasteiger partial charge in [-0.05, 0) is 67.1 Å². The molecule has 0 saturated carbocycles. The summed E-state index contributed by atoms with van der Waals surface area (Å²) in [5, 5.41) is 15.7. The number of anilines is 1. The van der Waals surface area contributed by atoms with Crippen LogP contribution in [0.1, 0.15) is 29.9 Å². The fraction of sp³-hybridized carbons (Fsp3) is 0.143. The molecule has 11 nitrogen and oxygen atoms in total. The van der Waals surface area contributed by atoms with Gasteiger partial charge in [-0.2, -0.15) is 4.68 Å². The van der Waals surface area contributed by atoms with E-state index < -0.39 is 11.7 Å². The van der Waals surface area contributed by atoms with Crippen molar-refractivity contribution in [3.05, 3.63) is 113 Å². The van der Waals surface area contributed by atoms with Gasteiger partial charge in [0.15, 0.2) is 23.1 Å². The number of H-pyrrole nitrogens is 1. The van der Waals surface area contributed by atoms with Crippen molar-refractivity contribution in [3.63, 3.8) is 0 Å². The quantitative estimate of drug-likeness (QED) is 0.160. The molecule has 3 aromatic heterocycles. The zero-order chi connectivity index (χ0) is 27.4. The van der Waals surface area contributed by atoms with Crippen LogP contribution in [0.25, 0.3) is 5.82 Å². The van der Waals surface area contributed by atoms with E-state index in [1.54, 1.807) is 36.5 Å². The Hall–Kier alpha value is -5.32. The highest BCUT2D eigenvalue weighted by Gasteiger charge is 2.23. The van der Waals surface area contributed by atoms with Crippen LogP contribution in [-0.4, -0.2) is 36.8 Å². The average Bonchev–Trinajstić information content (AvgIpc) is 3.54. The standard InChI is InChI=1S/C28H28N8O3/c1-3-38-23-16-19(9-12-22(23)39-21-13-15-35(2)17-21)25(32-20-10-7-18(8-11-20)26(29)30)27-33-28(37)36(34-27)24-6-4-5-14-31-24/h4-17,25,32H,3H2,1-2H3,(H3,29,30)(H,33,34,37). The largest absolute Gasteiger partial charge is 0.490 e. The summed E-state index contributed by atoms with van der Waals surface area (Å²) in [6.45, 7) is 2.33. The van der Waals surface area contributed by atoms with E-state index in [1.807, 2.05) is 67.3 Å². The van der Waals surface area contributed by atoms with Crippen LogP contribution >= 0.6 is 0 Å². The van der Waals surface area contributed by atoms with Gasteiger partial charge in [0.2, 0.25) is 0 Å². The van der Waals surface area contributed by atoms with Crippen molar-refractivity contribution in [2.75, 3.05) is 11.9 Å². The molecule has 3 heterocycles. The zero-order valence-corrected chi connectivity index (χ0v) is 21.5. The van der Waals surface area contributed by atoms with Gasteiger partial charge in [0.05, 0.1) is 6.61 Å². The molecule has 0 spiro atoms. The molecular formula is C28H28N8O3. The summed E-state index contributed by atoms with van der Waals surface area (Å²) < 4.78 is 15.1. The first-order chi connectivity index (χ1) is 18.9. The van der Waals surface area contributed by atoms with Gasteiger partial charge in [0.25, 0.3) is 0 Å². The zero-order valence-electron chi connectivity index (χ0n) is 21.5. The van der Waals surface area contributed by atoms with E-state index in [0.717, 1.165) is 11.3 Å². The lowest BCUT2D eigenvalue weighted by Gasteiger charge is -2.20. The lowest BCUT2D eigenvalue weighted by Crippen LogP contribution is -2.16. The number of hydrogen-bond acceptors (Lipinski definition) is 7. The fourth-order valence-corrected chi connectivity index (χ4v) is 4.05. The monoisotopic (exact) mass is 524 g/mol. The van der Waals surface area contributed by atoms with E-state index in [0.29, 0.717) is 41.1 Å². The lowest BCUT2D eigenvalue weighted by atomic mass is 10.0. The predicted molar refractivity (Wildman–Crippen MR) is 148 cm³/mol. The molecule has 5 N–H and O–H groups in total. The summed E-state index contributed by atoms with van der Waals surface area (Å²) in [5.41, 5.74) is 7.31. The third kappa shape index (κ3) is 5.67. The first-order valence-corrected chi connectivity index (χ1v) is 12.3. The number of nitrogens with one attached hydrogen (secondary N) is 3. The second-order valence-corrected chi connectivity index (χ2v) is 8.74. The number of pyridine rings is 1. The third-order valence-electron chi connectivity index (χ3n) is 5.92. The number of nitrogens with zero attached hydrogens (tertiary/aromatic N) is 4. The van der Waals surface area contributed by atoms with Crippen molar-refractivity contribution in [1.82, 2.24) is 24.3 Å². The summed E-state index contributed by atoms with van der Waals surface area (Å²) >= 11 is 0. The van der Waals surface area contributed by atoms with E-state index in [-0.39, 0.29) is 5.84 Å². The molecule has 5 rings (SSSR count). The van der Waals surface area contributed by atoms with Crippen LogP contribution < -0.4 is 26.2 Å². The van der Waals surface area contributed by atoms with E-state index in [9.17, 15) is 4.79 Å². The summed E-state index contributed by atoms with van der Waals surface area (Å²) in [7, 11) is 1.92. The van der Waals surface area contributed by atoms with E-state index in [1.165, 1.54) is 4.68 Å². The Labute approximate surface area is 224 Å². The molecule has 198 valence electrons. The van der Waals surface area contributed by atoms with Gasteiger partial charge in [-0.25, -0.2) is 9.78 Å². The molecule has 1 unspecified atom stereocenters. The highest BCUT2D eigenvalue weighted by molar-refractivity contribution is 5.95. The number of ether oxygens (including phenoxy) is 2. The molecule has 1 atom stereocenters. The number of aryl methyl sites for hydroxylation is 1. The van der Waals surface area contributed by atoms with E-state index in [2.05, 4.69) is 20.4 Å². The Kier molecular flexibility index (Phi) is 7.13. The van der Waals surface area contributed by atoms with Crippen LogP contribution in [0.3, 0.4) is 0 Å². The van der Waals surface area contributed by atoms with Gasteiger partial charge < -0.3 is 25.1 Å². The third-order valence-corrected chi connectivity index (χ3v) is 5.92. The minimum Gasteiger partial charge on any atom is -0.490 e. The molecule has 0 radical (unpaired) electrons. The predicted octanol–water partition coefficient (Wildman–Crippen LogP) is 3.97. The SMILES string of the molecule is CCOc1cc(C(Nc2ccc(C(=N)N)cc2)c2nn(-c3ccccn3)c(=O)[nH]2)ccc1Oc1ccn(C)c1. The Bertz CT molecular complexity index is 1640. The first kappa shape index (κ1) is 25.3. The number of aromatic nitrogens is 5. The molecule has 0 bridgehead atoms. The van der Waals surface area contributed by atoms with Gasteiger partial charge in [-0.15, -0.1) is 5.10 Å². The van der Waals surface area contributed by atoms with Crippen LogP contribution in [-0.2, 0) is 7.05 Å². The van der Waals surface area contributed by atoms with Gasteiger partial charge in [0, 0.05) is 36.9 Å². The maximum atomic E-state index is 12.9. The van der Waals surface area contributed by atoms with Crippen LogP contribution in [0.5, 0.6) is 17.2 Å². The maximum absolute atomic E-state index is 12.9. The minimum atomic E-state index is -0.573. The van der Waals surface area contributed by atoms with Crippen LogP contribution in [0.15, 0.2) is 90.1 Å². The number of amidine groups is 1. The molecule has 2 aromatic carbocycles. The van der Waals surface area contributed by atoms with Crippen molar-refractivity contribution in [1.29, 1.82) is 5.41 Å². The lowest BCUT2D eigenvalue weighted by molar-refractivity contribution is 0.321. The Morgan fingerprint density at radius 3 is 2.62 bits per heavy atom. The van der Waals surface area contributed by atoms with E-state index >= 15 is 0 Å².